The normalized spacial score (nSPS) is 12.5. The van der Waals surface area contributed by atoms with Crippen LogP contribution >= 0.6 is 11.3 Å². The van der Waals surface area contributed by atoms with Gasteiger partial charge in [-0.05, 0) is 115 Å². The van der Waals surface area contributed by atoms with Crippen LogP contribution in [0.15, 0.2) is 237 Å². The number of hydrogen-bond acceptors (Lipinski definition) is 3. The van der Waals surface area contributed by atoms with Gasteiger partial charge in [-0.3, -0.25) is 0 Å². The second-order valence-electron chi connectivity index (χ2n) is 16.4. The number of anilines is 3. The molecule has 0 unspecified atom stereocenters. The third-order valence-electron chi connectivity index (χ3n) is 11.8. The number of fused-ring (bicyclic) bond motifs is 6. The molecule has 0 atom stereocenters. The summed E-state index contributed by atoms with van der Waals surface area (Å²) in [5.41, 5.74) is 12.7. The van der Waals surface area contributed by atoms with Crippen LogP contribution in [0.5, 0.6) is 11.5 Å². The topological polar surface area (TPSA) is 12.5 Å². The average molecular weight is 862 g/mol. The van der Waals surface area contributed by atoms with Gasteiger partial charge in [0, 0.05) is 53.8 Å². The number of ether oxygens (including phenoxy) is 1. The number of nitrogens with zero attached hydrogens (tertiary/aromatic N) is 1. The van der Waals surface area contributed by atoms with Gasteiger partial charge in [-0.25, -0.2) is 0 Å². The highest BCUT2D eigenvalue weighted by Crippen LogP contribution is 2.53. The fourth-order valence-electron chi connectivity index (χ4n) is 8.40. The Morgan fingerprint density at radius 2 is 0.923 bits per heavy atom. The molecule has 0 spiro atoms. The molecule has 0 saturated carbocycles. The van der Waals surface area contributed by atoms with Crippen LogP contribution in [0.25, 0.3) is 53.6 Å². The molecule has 0 N–H and O–H groups in total. The van der Waals surface area contributed by atoms with Crippen molar-refractivity contribution in [3.8, 4) is 44.9 Å². The minimum atomic E-state index is -0.231. The summed E-state index contributed by atoms with van der Waals surface area (Å²) in [6.07, 6.45) is 13.6. The van der Waals surface area contributed by atoms with Gasteiger partial charge in [-0.2, -0.15) is 0 Å². The summed E-state index contributed by atoms with van der Waals surface area (Å²) in [6, 6.07) is 67.7. The van der Waals surface area contributed by atoms with E-state index in [0.29, 0.717) is 0 Å². The van der Waals surface area contributed by atoms with Gasteiger partial charge < -0.3 is 9.64 Å². The van der Waals surface area contributed by atoms with E-state index in [2.05, 4.69) is 213 Å². The first-order valence-electron chi connectivity index (χ1n) is 22.3. The van der Waals surface area contributed by atoms with Crippen molar-refractivity contribution in [1.82, 2.24) is 0 Å². The Morgan fingerprint density at radius 3 is 1.42 bits per heavy atom. The second kappa shape index (κ2) is 20.4. The van der Waals surface area contributed by atoms with E-state index in [1.807, 2.05) is 68.6 Å². The Balaban J connectivity index is 0.000000470. The van der Waals surface area contributed by atoms with Crippen LogP contribution in [0, 0.1) is 0 Å². The molecule has 0 fully saturated rings. The minimum Gasteiger partial charge on any atom is -0.456 e. The smallest absolute Gasteiger partial charge is 0.140 e. The van der Waals surface area contributed by atoms with Crippen LogP contribution in [-0.4, -0.2) is 0 Å². The number of rotatable bonds is 8. The molecule has 9 aromatic rings. The fraction of sp³-hybridized carbons (Fsp3) is 0.0968. The Morgan fingerprint density at radius 1 is 0.462 bits per heavy atom. The molecule has 0 aliphatic carbocycles. The average Bonchev–Trinajstić information content (AvgIpc) is 3.75. The first-order chi connectivity index (χ1) is 31.8. The van der Waals surface area contributed by atoms with Crippen LogP contribution in [0.4, 0.5) is 17.1 Å². The third kappa shape index (κ3) is 9.57. The van der Waals surface area contributed by atoms with E-state index in [-0.39, 0.29) is 5.41 Å². The van der Waals surface area contributed by atoms with Crippen LogP contribution in [0.2, 0.25) is 0 Å². The molecule has 320 valence electrons. The van der Waals surface area contributed by atoms with E-state index in [0.717, 1.165) is 28.6 Å². The van der Waals surface area contributed by atoms with E-state index in [9.17, 15) is 0 Å². The van der Waals surface area contributed by atoms with Crippen LogP contribution in [-0.2, 0) is 5.41 Å². The van der Waals surface area contributed by atoms with Crippen molar-refractivity contribution in [1.29, 1.82) is 0 Å². The highest BCUT2D eigenvalue weighted by molar-refractivity contribution is 7.25. The molecule has 0 bridgehead atoms. The quantitative estimate of drug-likeness (QED) is 0.141. The molecule has 10 rings (SSSR count). The summed E-state index contributed by atoms with van der Waals surface area (Å²) < 4.78 is 9.36. The SMILES string of the molecule is C/C=C\C=C/C.C=C/C=C\C.CC1(C)c2cc(-c3ccc(N(c4ccc(-c5ccccc5)cc4)c4ccc(-c5ccccc5)cc4)cc3)ccc2Oc2c1ccc1sc3ccccc3c21. The van der Waals surface area contributed by atoms with Crippen molar-refractivity contribution < 1.29 is 4.74 Å². The monoisotopic (exact) mass is 861 g/mol. The summed E-state index contributed by atoms with van der Waals surface area (Å²) in [5, 5.41) is 2.49. The Bertz CT molecular complexity index is 3010. The van der Waals surface area contributed by atoms with Gasteiger partial charge in [0.2, 0.25) is 0 Å². The highest BCUT2D eigenvalue weighted by atomic mass is 32.1. The molecule has 0 amide bonds. The Labute approximate surface area is 389 Å². The Kier molecular flexibility index (Phi) is 13.8. The molecule has 2 nitrogen and oxygen atoms in total. The van der Waals surface area contributed by atoms with Crippen LogP contribution < -0.4 is 9.64 Å². The largest absolute Gasteiger partial charge is 0.456 e. The fourth-order valence-corrected chi connectivity index (χ4v) is 9.51. The lowest BCUT2D eigenvalue weighted by Gasteiger charge is -2.35. The van der Waals surface area contributed by atoms with Crippen molar-refractivity contribution in [2.24, 2.45) is 0 Å². The molecule has 1 aliphatic heterocycles. The lowest BCUT2D eigenvalue weighted by Crippen LogP contribution is -2.24. The number of hydrogen-bond donors (Lipinski definition) is 0. The van der Waals surface area contributed by atoms with Gasteiger partial charge in [0.25, 0.3) is 0 Å². The second-order valence-corrected chi connectivity index (χ2v) is 17.5. The number of allylic oxidation sites excluding steroid dienone is 7. The first kappa shape index (κ1) is 44.2. The van der Waals surface area contributed by atoms with E-state index >= 15 is 0 Å². The zero-order valence-corrected chi connectivity index (χ0v) is 38.7. The molecular formula is C62H55NOS. The lowest BCUT2D eigenvalue weighted by atomic mass is 9.74. The summed E-state index contributed by atoms with van der Waals surface area (Å²) in [4.78, 5) is 2.34. The van der Waals surface area contributed by atoms with Gasteiger partial charge in [-0.15, -0.1) is 11.3 Å². The highest BCUT2D eigenvalue weighted by Gasteiger charge is 2.36. The molecular weight excluding hydrogens is 807 g/mol. The predicted octanol–water partition coefficient (Wildman–Crippen LogP) is 18.8. The van der Waals surface area contributed by atoms with Gasteiger partial charge in [0.05, 0.1) is 0 Å². The summed E-state index contributed by atoms with van der Waals surface area (Å²) in [6.45, 7) is 14.1. The third-order valence-corrected chi connectivity index (χ3v) is 12.9. The van der Waals surface area contributed by atoms with Gasteiger partial charge in [-0.1, -0.05) is 190 Å². The van der Waals surface area contributed by atoms with Crippen LogP contribution in [0.3, 0.4) is 0 Å². The molecule has 0 radical (unpaired) electrons. The minimum absolute atomic E-state index is 0.231. The first-order valence-corrected chi connectivity index (χ1v) is 23.1. The van der Waals surface area contributed by atoms with E-state index in [4.69, 9.17) is 4.74 Å². The summed E-state index contributed by atoms with van der Waals surface area (Å²) >= 11 is 1.83. The van der Waals surface area contributed by atoms with Crippen LogP contribution in [0.1, 0.15) is 45.7 Å². The van der Waals surface area contributed by atoms with E-state index in [1.54, 1.807) is 6.08 Å². The van der Waals surface area contributed by atoms with Crippen molar-refractivity contribution in [2.45, 2.75) is 40.0 Å². The Hall–Kier alpha value is -7.46. The van der Waals surface area contributed by atoms with Crippen molar-refractivity contribution in [2.75, 3.05) is 4.90 Å². The molecule has 1 aliphatic rings. The zero-order valence-electron chi connectivity index (χ0n) is 37.9. The molecule has 2 heterocycles. The zero-order chi connectivity index (χ0) is 45.2. The maximum absolute atomic E-state index is 6.81. The van der Waals surface area contributed by atoms with Crippen molar-refractivity contribution in [3.05, 3.63) is 248 Å². The number of benzene rings is 8. The summed E-state index contributed by atoms with van der Waals surface area (Å²) in [7, 11) is 0. The van der Waals surface area contributed by atoms with E-state index < -0.39 is 0 Å². The molecule has 0 saturated heterocycles. The van der Waals surface area contributed by atoms with Gasteiger partial charge in [0.1, 0.15) is 11.5 Å². The van der Waals surface area contributed by atoms with Crippen molar-refractivity contribution >= 4 is 48.6 Å². The molecule has 3 heteroatoms. The maximum atomic E-state index is 6.81. The van der Waals surface area contributed by atoms with Gasteiger partial charge >= 0.3 is 0 Å². The standard InChI is InChI=1S/C51H37NOS.C6H10.C5H8/c1-51(2)44-30-32-48-49(43-15-9-10-16-47(43)54-48)50(44)53-46-31-23-39(33-45(46)51)38-21-28-42(29-22-38)52(40-24-17-36(18-25-40)34-11-5-3-6-12-34)41-26-19-37(20-27-41)35-13-7-4-8-14-35;1-3-5-6-4-2;1-3-5-4-2/h3-33H,1-2H3;3-6H,1-2H3;3-5H,1H2,2H3/b;5-3-,6-4-;5-4-. The predicted molar refractivity (Wildman–Crippen MR) is 284 cm³/mol. The lowest BCUT2D eigenvalue weighted by molar-refractivity contribution is 0.423. The molecule has 1 aromatic heterocycles. The van der Waals surface area contributed by atoms with E-state index in [1.165, 1.54) is 64.7 Å². The number of thiophene rings is 1. The van der Waals surface area contributed by atoms with Crippen molar-refractivity contribution in [3.63, 3.8) is 0 Å². The van der Waals surface area contributed by atoms with Gasteiger partial charge in [0.15, 0.2) is 0 Å². The molecule has 8 aromatic carbocycles. The maximum Gasteiger partial charge on any atom is 0.140 e. The summed E-state index contributed by atoms with van der Waals surface area (Å²) in [5.74, 6) is 1.92. The molecule has 65 heavy (non-hydrogen) atoms.